The van der Waals surface area contributed by atoms with Crippen LogP contribution in [0, 0.1) is 6.92 Å². The fraction of sp³-hybridized carbons (Fsp3) is 0.265. The number of hydrogen-bond donors (Lipinski definition) is 0. The van der Waals surface area contributed by atoms with Crippen molar-refractivity contribution in [2.24, 2.45) is 4.99 Å². The van der Waals surface area contributed by atoms with Crippen molar-refractivity contribution in [3.63, 3.8) is 0 Å². The zero-order valence-electron chi connectivity index (χ0n) is 25.2. The number of methoxy groups -OCH3 is 1. The number of halogens is 1. The van der Waals surface area contributed by atoms with Gasteiger partial charge in [0.2, 0.25) is 0 Å². The van der Waals surface area contributed by atoms with E-state index in [1.54, 1.807) is 37.7 Å². The number of fused-ring (bicyclic) bond motifs is 1. The molecule has 1 aliphatic heterocycles. The fourth-order valence-corrected chi connectivity index (χ4v) is 6.52. The Balaban J connectivity index is 1.55. The number of ether oxygens (including phenoxy) is 4. The van der Waals surface area contributed by atoms with Crippen molar-refractivity contribution >= 4 is 39.3 Å². The number of aryl methyl sites for hydroxylation is 1. The van der Waals surface area contributed by atoms with Crippen LogP contribution in [-0.2, 0) is 16.1 Å². The molecular formula is C34H33BrN2O6S. The maximum absolute atomic E-state index is 14.0. The molecule has 0 bridgehead atoms. The summed E-state index contributed by atoms with van der Waals surface area (Å²) in [6, 6.07) is 18.6. The van der Waals surface area contributed by atoms with Gasteiger partial charge < -0.3 is 18.9 Å². The summed E-state index contributed by atoms with van der Waals surface area (Å²) in [7, 11) is 1.55. The average molecular weight is 678 g/mol. The predicted molar refractivity (Wildman–Crippen MR) is 174 cm³/mol. The maximum atomic E-state index is 14.0. The van der Waals surface area contributed by atoms with E-state index in [0.29, 0.717) is 49.8 Å². The van der Waals surface area contributed by atoms with E-state index in [9.17, 15) is 9.59 Å². The number of esters is 1. The largest absolute Gasteiger partial charge is 0.493 e. The third-order valence-electron chi connectivity index (χ3n) is 7.10. The minimum Gasteiger partial charge on any atom is -0.493 e. The molecule has 1 atom stereocenters. The molecule has 0 saturated heterocycles. The monoisotopic (exact) mass is 676 g/mol. The molecular weight excluding hydrogens is 644 g/mol. The highest BCUT2D eigenvalue weighted by molar-refractivity contribution is 9.10. The summed E-state index contributed by atoms with van der Waals surface area (Å²) < 4.78 is 25.4. The van der Waals surface area contributed by atoms with Gasteiger partial charge >= 0.3 is 5.97 Å². The molecule has 3 aromatic carbocycles. The second-order valence-corrected chi connectivity index (χ2v) is 12.0. The van der Waals surface area contributed by atoms with Gasteiger partial charge in [0.25, 0.3) is 5.56 Å². The van der Waals surface area contributed by atoms with E-state index in [1.807, 2.05) is 49.4 Å². The van der Waals surface area contributed by atoms with E-state index in [1.165, 1.54) is 16.9 Å². The van der Waals surface area contributed by atoms with Gasteiger partial charge in [0.1, 0.15) is 12.4 Å². The van der Waals surface area contributed by atoms with Gasteiger partial charge in [0, 0.05) is 4.47 Å². The van der Waals surface area contributed by atoms with Gasteiger partial charge in [0.05, 0.1) is 42.2 Å². The van der Waals surface area contributed by atoms with Crippen LogP contribution in [0.25, 0.3) is 6.08 Å². The summed E-state index contributed by atoms with van der Waals surface area (Å²) in [5.41, 5.74) is 4.26. The third-order valence-corrected chi connectivity index (χ3v) is 8.77. The van der Waals surface area contributed by atoms with Gasteiger partial charge in [0.15, 0.2) is 16.3 Å². The van der Waals surface area contributed by atoms with Gasteiger partial charge in [-0.1, -0.05) is 69.2 Å². The molecule has 0 aliphatic carbocycles. The number of benzene rings is 3. The van der Waals surface area contributed by atoms with Crippen molar-refractivity contribution in [3.05, 3.63) is 118 Å². The Hall–Kier alpha value is -4.15. The van der Waals surface area contributed by atoms with E-state index in [-0.39, 0.29) is 17.7 Å². The molecule has 10 heteroatoms. The summed E-state index contributed by atoms with van der Waals surface area (Å²) in [6.07, 6.45) is 1.82. The van der Waals surface area contributed by atoms with Crippen LogP contribution in [-0.4, -0.2) is 30.9 Å². The first-order chi connectivity index (χ1) is 21.2. The lowest BCUT2D eigenvalue weighted by molar-refractivity contribution is -0.139. The first kappa shape index (κ1) is 31.3. The van der Waals surface area contributed by atoms with Crippen molar-refractivity contribution in [3.8, 4) is 17.2 Å². The number of aromatic nitrogens is 1. The van der Waals surface area contributed by atoms with Crippen LogP contribution in [0.3, 0.4) is 0 Å². The Kier molecular flexibility index (Phi) is 9.71. The molecule has 44 heavy (non-hydrogen) atoms. The summed E-state index contributed by atoms with van der Waals surface area (Å²) in [4.78, 5) is 32.5. The maximum Gasteiger partial charge on any atom is 0.338 e. The van der Waals surface area contributed by atoms with Crippen LogP contribution in [0.5, 0.6) is 17.2 Å². The lowest BCUT2D eigenvalue weighted by Gasteiger charge is -2.26. The quantitative estimate of drug-likeness (QED) is 0.196. The van der Waals surface area contributed by atoms with Crippen LogP contribution in [0.2, 0.25) is 0 Å². The van der Waals surface area contributed by atoms with Crippen LogP contribution < -0.4 is 29.1 Å². The van der Waals surface area contributed by atoms with E-state index in [2.05, 4.69) is 40.0 Å². The van der Waals surface area contributed by atoms with Crippen molar-refractivity contribution < 1.29 is 23.7 Å². The van der Waals surface area contributed by atoms with E-state index < -0.39 is 12.0 Å². The standard InChI is InChI=1S/C34H33BrN2O6S/c1-6-41-28-18-26(35)25(17-27(28)40-5)31-30(33(39)42-7-2)21(4)36-34-37(31)32(38)29(44-34)16-22-12-14-24(15-13-22)43-19-23-10-8-20(3)9-11-23/h8-18,31H,6-7,19H2,1-5H3/b29-16+/t31-/m1/s1. The number of hydrogen-bond acceptors (Lipinski definition) is 8. The Bertz CT molecular complexity index is 1890. The first-order valence-corrected chi connectivity index (χ1v) is 15.8. The van der Waals surface area contributed by atoms with Gasteiger partial charge in [-0.3, -0.25) is 9.36 Å². The highest BCUT2D eigenvalue weighted by Crippen LogP contribution is 2.41. The smallest absolute Gasteiger partial charge is 0.338 e. The molecule has 0 saturated carbocycles. The molecule has 0 amide bonds. The van der Waals surface area contributed by atoms with E-state index >= 15 is 0 Å². The minimum absolute atomic E-state index is 0.186. The van der Waals surface area contributed by atoms with Crippen molar-refractivity contribution in [1.82, 2.24) is 4.57 Å². The molecule has 8 nitrogen and oxygen atoms in total. The second kappa shape index (κ2) is 13.7. The van der Waals surface area contributed by atoms with Crippen molar-refractivity contribution in [2.75, 3.05) is 20.3 Å². The van der Waals surface area contributed by atoms with E-state index in [4.69, 9.17) is 18.9 Å². The Morgan fingerprint density at radius 1 is 1.00 bits per heavy atom. The number of nitrogens with zero attached hydrogens (tertiary/aromatic N) is 2. The molecule has 2 heterocycles. The molecule has 5 rings (SSSR count). The number of carbonyl (C=O) groups is 1. The van der Waals surface area contributed by atoms with Crippen LogP contribution >= 0.6 is 27.3 Å². The van der Waals surface area contributed by atoms with Crippen LogP contribution in [0.4, 0.5) is 0 Å². The lowest BCUT2D eigenvalue weighted by Crippen LogP contribution is -2.40. The first-order valence-electron chi connectivity index (χ1n) is 14.2. The number of allylic oxidation sites excluding steroid dienone is 1. The predicted octanol–water partition coefficient (Wildman–Crippen LogP) is 5.86. The SMILES string of the molecule is CCOC(=O)C1=C(C)N=c2s/c(=C/c3ccc(OCc4ccc(C)cc4)cc3)c(=O)n2[C@@H]1c1cc(OC)c(OCC)cc1Br. The third kappa shape index (κ3) is 6.51. The highest BCUT2D eigenvalue weighted by atomic mass is 79.9. The highest BCUT2D eigenvalue weighted by Gasteiger charge is 2.35. The molecule has 0 N–H and O–H groups in total. The summed E-state index contributed by atoms with van der Waals surface area (Å²) in [5, 5.41) is 0. The molecule has 0 unspecified atom stereocenters. The minimum atomic E-state index is -0.802. The topological polar surface area (TPSA) is 88.4 Å². The van der Waals surface area contributed by atoms with Gasteiger partial charge in [-0.2, -0.15) is 0 Å². The normalized spacial score (nSPS) is 14.6. The number of carbonyl (C=O) groups excluding carboxylic acids is 1. The number of thiazole rings is 1. The summed E-state index contributed by atoms with van der Waals surface area (Å²) in [6.45, 7) is 8.54. The zero-order chi connectivity index (χ0) is 31.4. The molecule has 0 fully saturated rings. The van der Waals surface area contributed by atoms with Crippen LogP contribution in [0.15, 0.2) is 86.2 Å². The molecule has 1 aromatic heterocycles. The Labute approximate surface area is 268 Å². The lowest BCUT2D eigenvalue weighted by atomic mass is 9.95. The fourth-order valence-electron chi connectivity index (χ4n) is 4.94. The van der Waals surface area contributed by atoms with Crippen molar-refractivity contribution in [1.29, 1.82) is 0 Å². The summed E-state index contributed by atoms with van der Waals surface area (Å²) in [5.74, 6) is 1.22. The second-order valence-electron chi connectivity index (χ2n) is 10.1. The number of rotatable bonds is 10. The van der Waals surface area contributed by atoms with Crippen LogP contribution in [0.1, 0.15) is 49.1 Å². The molecule has 4 aromatic rings. The van der Waals surface area contributed by atoms with E-state index in [0.717, 1.165) is 16.9 Å². The molecule has 0 spiro atoms. The van der Waals surface area contributed by atoms with Gasteiger partial charge in [-0.25, -0.2) is 9.79 Å². The molecule has 1 aliphatic rings. The molecule has 0 radical (unpaired) electrons. The summed E-state index contributed by atoms with van der Waals surface area (Å²) >= 11 is 4.92. The average Bonchev–Trinajstić information content (AvgIpc) is 3.31. The Morgan fingerprint density at radius 3 is 2.39 bits per heavy atom. The van der Waals surface area contributed by atoms with Crippen molar-refractivity contribution in [2.45, 2.75) is 40.3 Å². The molecule has 228 valence electrons. The van der Waals surface area contributed by atoms with Gasteiger partial charge in [-0.15, -0.1) is 0 Å². The van der Waals surface area contributed by atoms with Gasteiger partial charge in [-0.05, 0) is 74.7 Å². The zero-order valence-corrected chi connectivity index (χ0v) is 27.6. The Morgan fingerprint density at radius 2 is 1.73 bits per heavy atom.